The maximum atomic E-state index is 12.5. The van der Waals surface area contributed by atoms with Crippen LogP contribution in [0.4, 0.5) is 0 Å². The number of benzene rings is 1. The lowest BCUT2D eigenvalue weighted by Crippen LogP contribution is -2.35. The quantitative estimate of drug-likeness (QED) is 0.832. The minimum Gasteiger partial charge on any atom is -0.341 e. The van der Waals surface area contributed by atoms with Crippen LogP contribution in [0.15, 0.2) is 42.6 Å². The lowest BCUT2D eigenvalue weighted by Gasteiger charge is -2.17. The number of hydrogen-bond acceptors (Lipinski definition) is 2. The third-order valence-electron chi connectivity index (χ3n) is 3.63. The molecule has 0 atom stereocenters. The number of amides is 1. The Hall–Kier alpha value is -1.43. The van der Waals surface area contributed by atoms with Gasteiger partial charge in [-0.1, -0.05) is 17.7 Å². The van der Waals surface area contributed by atoms with Crippen LogP contribution >= 0.6 is 22.6 Å². The van der Waals surface area contributed by atoms with Gasteiger partial charge in [0.15, 0.2) is 0 Å². The fourth-order valence-corrected chi connectivity index (χ4v) is 3.22. The van der Waals surface area contributed by atoms with Crippen molar-refractivity contribution in [1.82, 2.24) is 10.3 Å². The molecular weight excluding hydrogens is 363 g/mol. The predicted octanol–water partition coefficient (Wildman–Crippen LogP) is 3.41. The van der Waals surface area contributed by atoms with Crippen LogP contribution in [0, 0.1) is 10.5 Å². The molecule has 4 heteroatoms. The highest BCUT2D eigenvalue weighted by Gasteiger charge is 2.47. The number of nitrogens with zero attached hydrogens (tertiary/aromatic N) is 1. The van der Waals surface area contributed by atoms with Crippen LogP contribution in [0.2, 0.25) is 0 Å². The molecule has 1 aliphatic carbocycles. The highest BCUT2D eigenvalue weighted by Crippen LogP contribution is 2.44. The molecule has 3 rings (SSSR count). The number of nitrogens with one attached hydrogen (secondary N) is 1. The molecule has 1 saturated carbocycles. The smallest absolute Gasteiger partial charge is 0.253 e. The molecule has 1 aromatic carbocycles. The summed E-state index contributed by atoms with van der Waals surface area (Å²) in [5.41, 5.74) is 2.59. The van der Waals surface area contributed by atoms with E-state index < -0.39 is 0 Å². The Kier molecular flexibility index (Phi) is 3.50. The normalized spacial score (nSPS) is 15.7. The lowest BCUT2D eigenvalue weighted by atomic mass is 10.1. The number of hydrogen-bond donors (Lipinski definition) is 1. The van der Waals surface area contributed by atoms with Crippen molar-refractivity contribution in [3.63, 3.8) is 0 Å². The van der Waals surface area contributed by atoms with Crippen molar-refractivity contribution in [3.05, 3.63) is 63.0 Å². The monoisotopic (exact) mass is 378 g/mol. The summed E-state index contributed by atoms with van der Waals surface area (Å²) in [5, 5.41) is 3.15. The van der Waals surface area contributed by atoms with Gasteiger partial charge in [-0.25, -0.2) is 0 Å². The SMILES string of the molecule is Cc1ccc(C(=O)NC2(c3ccccn3)CC2)c(I)c1. The van der Waals surface area contributed by atoms with Gasteiger partial charge >= 0.3 is 0 Å². The van der Waals surface area contributed by atoms with Gasteiger partial charge in [0.1, 0.15) is 0 Å². The van der Waals surface area contributed by atoms with E-state index in [0.717, 1.165) is 33.2 Å². The second-order valence-corrected chi connectivity index (χ2v) is 6.40. The molecule has 1 N–H and O–H groups in total. The Bertz CT molecular complexity index is 651. The van der Waals surface area contributed by atoms with Gasteiger partial charge in [-0.15, -0.1) is 0 Å². The van der Waals surface area contributed by atoms with Crippen molar-refractivity contribution in [1.29, 1.82) is 0 Å². The summed E-state index contributed by atoms with van der Waals surface area (Å²) in [4.78, 5) is 16.8. The highest BCUT2D eigenvalue weighted by atomic mass is 127. The lowest BCUT2D eigenvalue weighted by molar-refractivity contribution is 0.0929. The molecule has 0 spiro atoms. The Morgan fingerprint density at radius 3 is 2.70 bits per heavy atom. The molecule has 0 radical (unpaired) electrons. The Labute approximate surface area is 132 Å². The number of aryl methyl sites for hydroxylation is 1. The maximum Gasteiger partial charge on any atom is 0.253 e. The summed E-state index contributed by atoms with van der Waals surface area (Å²) in [6, 6.07) is 11.7. The molecule has 3 nitrogen and oxygen atoms in total. The Morgan fingerprint density at radius 2 is 2.10 bits per heavy atom. The third-order valence-corrected chi connectivity index (χ3v) is 4.52. The largest absolute Gasteiger partial charge is 0.341 e. The topological polar surface area (TPSA) is 42.0 Å². The van der Waals surface area contributed by atoms with Gasteiger partial charge in [-0.2, -0.15) is 0 Å². The Morgan fingerprint density at radius 1 is 1.30 bits per heavy atom. The van der Waals surface area contributed by atoms with Crippen molar-refractivity contribution in [2.45, 2.75) is 25.3 Å². The molecular formula is C16H15IN2O. The Balaban J connectivity index is 1.83. The number of pyridine rings is 1. The van der Waals surface area contributed by atoms with Crippen LogP contribution in [0.5, 0.6) is 0 Å². The summed E-state index contributed by atoms with van der Waals surface area (Å²) in [7, 11) is 0. The van der Waals surface area contributed by atoms with E-state index in [1.807, 2.05) is 43.3 Å². The van der Waals surface area contributed by atoms with E-state index in [1.54, 1.807) is 6.20 Å². The third kappa shape index (κ3) is 2.57. The fraction of sp³-hybridized carbons (Fsp3) is 0.250. The zero-order chi connectivity index (χ0) is 14.2. The van der Waals surface area contributed by atoms with Crippen LogP contribution < -0.4 is 5.32 Å². The van der Waals surface area contributed by atoms with E-state index in [-0.39, 0.29) is 11.4 Å². The fourth-order valence-electron chi connectivity index (χ4n) is 2.30. The zero-order valence-electron chi connectivity index (χ0n) is 11.2. The molecule has 1 amide bonds. The maximum absolute atomic E-state index is 12.5. The zero-order valence-corrected chi connectivity index (χ0v) is 13.3. The first-order valence-electron chi connectivity index (χ1n) is 6.61. The van der Waals surface area contributed by atoms with Crippen LogP contribution in [0.1, 0.15) is 34.5 Å². The van der Waals surface area contributed by atoms with Crippen molar-refractivity contribution in [2.75, 3.05) is 0 Å². The average Bonchev–Trinajstić information content (AvgIpc) is 3.20. The van der Waals surface area contributed by atoms with Crippen molar-refractivity contribution >= 4 is 28.5 Å². The van der Waals surface area contributed by atoms with E-state index in [0.29, 0.717) is 0 Å². The first-order chi connectivity index (χ1) is 9.61. The minimum atomic E-state index is -0.258. The molecule has 2 aromatic rings. The molecule has 1 fully saturated rings. The van der Waals surface area contributed by atoms with Gasteiger partial charge < -0.3 is 5.32 Å². The number of aromatic nitrogens is 1. The summed E-state index contributed by atoms with van der Waals surface area (Å²) in [6.45, 7) is 2.03. The van der Waals surface area contributed by atoms with Crippen LogP contribution in [-0.2, 0) is 5.54 Å². The van der Waals surface area contributed by atoms with E-state index >= 15 is 0 Å². The molecule has 102 valence electrons. The van der Waals surface area contributed by atoms with Gasteiger partial charge in [0.05, 0.1) is 16.8 Å². The molecule has 0 bridgehead atoms. The number of halogens is 1. The summed E-state index contributed by atoms with van der Waals surface area (Å²) >= 11 is 2.21. The van der Waals surface area contributed by atoms with Gasteiger partial charge in [-0.05, 0) is 66.6 Å². The van der Waals surface area contributed by atoms with Crippen molar-refractivity contribution < 1.29 is 4.79 Å². The van der Waals surface area contributed by atoms with Crippen molar-refractivity contribution in [3.8, 4) is 0 Å². The summed E-state index contributed by atoms with van der Waals surface area (Å²) in [6.07, 6.45) is 3.69. The number of rotatable bonds is 3. The molecule has 0 saturated heterocycles. The summed E-state index contributed by atoms with van der Waals surface area (Å²) < 4.78 is 0.983. The molecule has 1 aromatic heterocycles. The van der Waals surface area contributed by atoms with Crippen LogP contribution in [0.3, 0.4) is 0 Å². The number of carbonyl (C=O) groups excluding carboxylic acids is 1. The molecule has 0 aliphatic heterocycles. The van der Waals surface area contributed by atoms with Gasteiger partial charge in [0, 0.05) is 9.77 Å². The van der Waals surface area contributed by atoms with Crippen LogP contribution in [-0.4, -0.2) is 10.9 Å². The standard InChI is InChI=1S/C16H15IN2O/c1-11-5-6-12(13(17)10-11)15(20)19-16(7-8-16)14-4-2-3-9-18-14/h2-6,9-10H,7-8H2,1H3,(H,19,20). The predicted molar refractivity (Wildman–Crippen MR) is 86.5 cm³/mol. The van der Waals surface area contributed by atoms with E-state index in [9.17, 15) is 4.79 Å². The van der Waals surface area contributed by atoms with E-state index in [1.165, 1.54) is 0 Å². The van der Waals surface area contributed by atoms with E-state index in [2.05, 4.69) is 32.9 Å². The summed E-state index contributed by atoms with van der Waals surface area (Å²) in [5.74, 6) is -0.0162. The first-order valence-corrected chi connectivity index (χ1v) is 7.69. The van der Waals surface area contributed by atoms with Gasteiger partial charge in [0.2, 0.25) is 0 Å². The van der Waals surface area contributed by atoms with Gasteiger partial charge in [-0.3, -0.25) is 9.78 Å². The molecule has 0 unspecified atom stereocenters. The van der Waals surface area contributed by atoms with Crippen molar-refractivity contribution in [2.24, 2.45) is 0 Å². The molecule has 1 aliphatic rings. The van der Waals surface area contributed by atoms with E-state index in [4.69, 9.17) is 0 Å². The average molecular weight is 378 g/mol. The second kappa shape index (κ2) is 5.16. The first kappa shape index (κ1) is 13.5. The number of carbonyl (C=O) groups is 1. The van der Waals surface area contributed by atoms with Crippen LogP contribution in [0.25, 0.3) is 0 Å². The molecule has 1 heterocycles. The van der Waals surface area contributed by atoms with Gasteiger partial charge in [0.25, 0.3) is 5.91 Å². The minimum absolute atomic E-state index is 0.0162. The highest BCUT2D eigenvalue weighted by molar-refractivity contribution is 14.1. The second-order valence-electron chi connectivity index (χ2n) is 5.23. The molecule has 20 heavy (non-hydrogen) atoms.